The van der Waals surface area contributed by atoms with Gasteiger partial charge in [0, 0.05) is 13.1 Å². The maximum Gasteiger partial charge on any atom is 0.322 e. The lowest BCUT2D eigenvalue weighted by Crippen LogP contribution is -2.29. The minimum atomic E-state index is -2.98. The Balaban J connectivity index is 2.25. The van der Waals surface area contributed by atoms with E-state index in [1.54, 1.807) is 4.90 Å². The lowest BCUT2D eigenvalue weighted by Gasteiger charge is -2.19. The second-order valence-corrected chi connectivity index (χ2v) is 6.39. The van der Waals surface area contributed by atoms with Crippen LogP contribution < -0.4 is 20.9 Å². The van der Waals surface area contributed by atoms with Crippen molar-refractivity contribution in [3.05, 3.63) is 0 Å². The molecule has 1 aromatic rings. The van der Waals surface area contributed by atoms with Crippen LogP contribution in [0, 0.1) is 0 Å². The number of rotatable bonds is 3. The van der Waals surface area contributed by atoms with Gasteiger partial charge >= 0.3 is 6.01 Å². The molecule has 0 aromatic carbocycles. The van der Waals surface area contributed by atoms with E-state index in [1.807, 2.05) is 0 Å². The van der Waals surface area contributed by atoms with E-state index in [2.05, 4.69) is 20.4 Å². The third-order valence-corrected chi connectivity index (χ3v) is 4.47. The van der Waals surface area contributed by atoms with Crippen molar-refractivity contribution >= 4 is 21.7 Å². The zero-order valence-electron chi connectivity index (χ0n) is 10.5. The van der Waals surface area contributed by atoms with Crippen LogP contribution in [0.4, 0.5) is 11.9 Å². The van der Waals surface area contributed by atoms with Crippen LogP contribution in [-0.4, -0.2) is 55.1 Å². The molecule has 0 unspecified atom stereocenters. The predicted molar refractivity (Wildman–Crippen MR) is 69.7 cm³/mol. The van der Waals surface area contributed by atoms with Gasteiger partial charge in [-0.25, -0.2) is 14.3 Å². The van der Waals surface area contributed by atoms with Gasteiger partial charge in [-0.15, -0.1) is 0 Å². The van der Waals surface area contributed by atoms with Crippen LogP contribution in [0.3, 0.4) is 0 Å². The van der Waals surface area contributed by atoms with Crippen molar-refractivity contribution in [1.29, 1.82) is 0 Å². The van der Waals surface area contributed by atoms with Gasteiger partial charge in [-0.1, -0.05) is 0 Å². The van der Waals surface area contributed by atoms with Gasteiger partial charge in [-0.3, -0.25) is 5.43 Å². The summed E-state index contributed by atoms with van der Waals surface area (Å²) in [5.74, 6) is 6.08. The van der Waals surface area contributed by atoms with Gasteiger partial charge in [0.1, 0.15) is 0 Å². The topological polar surface area (TPSA) is 123 Å². The molecule has 1 saturated heterocycles. The fourth-order valence-corrected chi connectivity index (χ4v) is 3.05. The highest BCUT2D eigenvalue weighted by molar-refractivity contribution is 7.91. The number of ether oxygens (including phenoxy) is 1. The van der Waals surface area contributed by atoms with E-state index in [4.69, 9.17) is 10.6 Å². The lowest BCUT2D eigenvalue weighted by molar-refractivity contribution is 0.378. The van der Waals surface area contributed by atoms with Crippen LogP contribution >= 0.6 is 0 Å². The monoisotopic (exact) mass is 288 g/mol. The molecule has 10 heteroatoms. The van der Waals surface area contributed by atoms with Gasteiger partial charge in [0.2, 0.25) is 11.9 Å². The van der Waals surface area contributed by atoms with Crippen LogP contribution in [0.5, 0.6) is 6.01 Å². The first-order valence-corrected chi connectivity index (χ1v) is 7.58. The molecule has 9 nitrogen and oxygen atoms in total. The fourth-order valence-electron chi connectivity index (χ4n) is 1.78. The molecule has 0 atom stereocenters. The summed E-state index contributed by atoms with van der Waals surface area (Å²) in [5.41, 5.74) is 2.33. The molecule has 0 radical (unpaired) electrons. The number of nitrogen functional groups attached to an aromatic ring is 1. The van der Waals surface area contributed by atoms with Crippen LogP contribution in [0.15, 0.2) is 0 Å². The van der Waals surface area contributed by atoms with E-state index >= 15 is 0 Å². The normalized spacial score (nSPS) is 18.7. The molecule has 1 aliphatic rings. The summed E-state index contributed by atoms with van der Waals surface area (Å²) in [7, 11) is -1.54. The van der Waals surface area contributed by atoms with Crippen molar-refractivity contribution < 1.29 is 13.2 Å². The Morgan fingerprint density at radius 1 is 1.26 bits per heavy atom. The van der Waals surface area contributed by atoms with Crippen LogP contribution in [0.1, 0.15) is 6.42 Å². The molecule has 0 spiro atoms. The molecule has 1 aliphatic heterocycles. The molecule has 0 saturated carbocycles. The van der Waals surface area contributed by atoms with E-state index in [0.29, 0.717) is 25.5 Å². The molecule has 0 aliphatic carbocycles. The molecule has 106 valence electrons. The van der Waals surface area contributed by atoms with E-state index in [0.717, 1.165) is 0 Å². The summed E-state index contributed by atoms with van der Waals surface area (Å²) in [6, 6.07) is 0.130. The highest BCUT2D eigenvalue weighted by Gasteiger charge is 2.21. The van der Waals surface area contributed by atoms with Crippen LogP contribution in [-0.2, 0) is 9.84 Å². The summed E-state index contributed by atoms with van der Waals surface area (Å²) in [4.78, 5) is 13.9. The fraction of sp³-hybridized carbons (Fsp3) is 0.667. The summed E-state index contributed by atoms with van der Waals surface area (Å²) in [6.45, 7) is 0.913. The molecule has 0 bridgehead atoms. The largest absolute Gasteiger partial charge is 0.467 e. The van der Waals surface area contributed by atoms with Crippen molar-refractivity contribution in [2.45, 2.75) is 6.42 Å². The van der Waals surface area contributed by atoms with Gasteiger partial charge in [0.15, 0.2) is 9.84 Å². The van der Waals surface area contributed by atoms with Crippen molar-refractivity contribution in [2.75, 3.05) is 42.0 Å². The van der Waals surface area contributed by atoms with E-state index in [9.17, 15) is 8.42 Å². The first-order valence-electron chi connectivity index (χ1n) is 5.76. The molecule has 2 rings (SSSR count). The number of hydrazine groups is 1. The molecular weight excluding hydrogens is 272 g/mol. The molecule has 0 amide bonds. The first kappa shape index (κ1) is 13.7. The van der Waals surface area contributed by atoms with Crippen LogP contribution in [0.25, 0.3) is 0 Å². The Labute approximate surface area is 111 Å². The van der Waals surface area contributed by atoms with Crippen molar-refractivity contribution in [2.24, 2.45) is 5.84 Å². The number of methoxy groups -OCH3 is 1. The number of sulfone groups is 1. The maximum atomic E-state index is 11.6. The third kappa shape index (κ3) is 3.41. The smallest absolute Gasteiger partial charge is 0.322 e. The minimum Gasteiger partial charge on any atom is -0.467 e. The van der Waals surface area contributed by atoms with Crippen molar-refractivity contribution in [3.8, 4) is 6.01 Å². The third-order valence-electron chi connectivity index (χ3n) is 2.75. The van der Waals surface area contributed by atoms with Gasteiger partial charge < -0.3 is 9.64 Å². The Hall–Kier alpha value is -1.68. The number of nitrogens with zero attached hydrogens (tertiary/aromatic N) is 4. The van der Waals surface area contributed by atoms with E-state index < -0.39 is 9.84 Å². The highest BCUT2D eigenvalue weighted by Crippen LogP contribution is 2.16. The standard InChI is InChI=1S/C9H16N6O3S/c1-18-9-12-7(14-10)11-8(13-9)15-3-2-5-19(16,17)6-4-15/h2-6,10H2,1H3,(H,11,12,13,14). The summed E-state index contributed by atoms with van der Waals surface area (Å²) in [5, 5.41) is 0. The number of hydrogen-bond donors (Lipinski definition) is 2. The number of nitrogens with one attached hydrogen (secondary N) is 1. The Morgan fingerprint density at radius 2 is 2.05 bits per heavy atom. The van der Waals surface area contributed by atoms with Crippen LogP contribution in [0.2, 0.25) is 0 Å². The Kier molecular flexibility index (Phi) is 4.00. The molecule has 2 heterocycles. The first-order chi connectivity index (χ1) is 9.04. The Bertz CT molecular complexity index is 527. The summed E-state index contributed by atoms with van der Waals surface area (Å²) < 4.78 is 28.1. The van der Waals surface area contributed by atoms with E-state index in [1.165, 1.54) is 7.11 Å². The molecule has 1 fully saturated rings. The van der Waals surface area contributed by atoms with E-state index in [-0.39, 0.29) is 23.5 Å². The average Bonchev–Trinajstić information content (AvgIpc) is 2.59. The molecule has 1 aromatic heterocycles. The second kappa shape index (κ2) is 5.53. The van der Waals surface area contributed by atoms with Crippen molar-refractivity contribution in [1.82, 2.24) is 15.0 Å². The maximum absolute atomic E-state index is 11.6. The minimum absolute atomic E-state index is 0.0897. The second-order valence-electron chi connectivity index (χ2n) is 4.08. The molecule has 19 heavy (non-hydrogen) atoms. The number of anilines is 2. The summed E-state index contributed by atoms with van der Waals surface area (Å²) >= 11 is 0. The van der Waals surface area contributed by atoms with Gasteiger partial charge in [-0.05, 0) is 6.42 Å². The number of hydrogen-bond acceptors (Lipinski definition) is 9. The lowest BCUT2D eigenvalue weighted by atomic mass is 10.4. The predicted octanol–water partition coefficient (Wildman–Crippen LogP) is -1.21. The number of nitrogens with two attached hydrogens (primary N) is 1. The van der Waals surface area contributed by atoms with Gasteiger partial charge in [0.05, 0.1) is 18.6 Å². The zero-order valence-corrected chi connectivity index (χ0v) is 11.4. The Morgan fingerprint density at radius 3 is 2.74 bits per heavy atom. The highest BCUT2D eigenvalue weighted by atomic mass is 32.2. The number of aromatic nitrogens is 3. The average molecular weight is 288 g/mol. The molecule has 3 N–H and O–H groups in total. The summed E-state index contributed by atoms with van der Waals surface area (Å²) in [6.07, 6.45) is 0.543. The molecular formula is C9H16N6O3S. The van der Waals surface area contributed by atoms with Gasteiger partial charge in [0.25, 0.3) is 0 Å². The quantitative estimate of drug-likeness (QED) is 0.520. The zero-order chi connectivity index (χ0) is 13.9. The van der Waals surface area contributed by atoms with Crippen molar-refractivity contribution in [3.63, 3.8) is 0 Å². The van der Waals surface area contributed by atoms with Gasteiger partial charge in [-0.2, -0.15) is 15.0 Å². The SMILES string of the molecule is COc1nc(NN)nc(N2CCCS(=O)(=O)CC2)n1.